The van der Waals surface area contributed by atoms with Gasteiger partial charge in [-0.15, -0.1) is 0 Å². The Balaban J connectivity index is 0.000000307. The minimum absolute atomic E-state index is 0.218. The molecular weight excluding hydrogens is 316 g/mol. The maximum absolute atomic E-state index is 11.2. The summed E-state index contributed by atoms with van der Waals surface area (Å²) in [6.45, 7) is 0.495. The van der Waals surface area contributed by atoms with E-state index in [9.17, 15) is 14.4 Å². The molecule has 1 aliphatic rings. The highest BCUT2D eigenvalue weighted by atomic mass is 16.6. The molecule has 8 heteroatoms. The zero-order valence-electron chi connectivity index (χ0n) is 13.7. The van der Waals surface area contributed by atoms with Gasteiger partial charge >= 0.3 is 18.0 Å². The van der Waals surface area contributed by atoms with E-state index in [1.807, 2.05) is 12.1 Å². The molecule has 1 heterocycles. The lowest BCUT2D eigenvalue weighted by molar-refractivity contribution is -0.134. The number of hydrogen-bond donors (Lipinski definition) is 2. The summed E-state index contributed by atoms with van der Waals surface area (Å²) in [5, 5.41) is 15.6. The predicted octanol–water partition coefficient (Wildman–Crippen LogP) is 1.78. The van der Waals surface area contributed by atoms with Crippen molar-refractivity contribution in [1.82, 2.24) is 9.47 Å². The molecule has 8 nitrogen and oxygen atoms in total. The Kier molecular flexibility index (Phi) is 7.03. The van der Waals surface area contributed by atoms with Gasteiger partial charge in [0.1, 0.15) is 0 Å². The number of amides is 1. The van der Waals surface area contributed by atoms with Crippen molar-refractivity contribution in [3.8, 4) is 0 Å². The molecule has 0 bridgehead atoms. The van der Waals surface area contributed by atoms with Crippen LogP contribution in [0.2, 0.25) is 0 Å². The average Bonchev–Trinajstić information content (AvgIpc) is 3.08. The van der Waals surface area contributed by atoms with E-state index in [1.54, 1.807) is 14.1 Å². The number of hydrogen-bond acceptors (Lipinski definition) is 4. The number of carbonyl (C=O) groups is 3. The molecular formula is C16H22N2O6. The Labute approximate surface area is 139 Å². The van der Waals surface area contributed by atoms with Crippen molar-refractivity contribution in [2.45, 2.75) is 24.8 Å². The molecule has 1 saturated carbocycles. The number of carbonyl (C=O) groups excluding carboxylic acids is 1. The first-order valence-electron chi connectivity index (χ1n) is 7.38. The van der Waals surface area contributed by atoms with E-state index in [0.29, 0.717) is 18.8 Å². The van der Waals surface area contributed by atoms with Crippen LogP contribution in [0.5, 0.6) is 0 Å². The van der Waals surface area contributed by atoms with Gasteiger partial charge in [0.25, 0.3) is 0 Å². The second-order valence-electron chi connectivity index (χ2n) is 5.58. The first kappa shape index (κ1) is 19.3. The number of nitrogens with zero attached hydrogens (tertiary/aromatic N) is 2. The van der Waals surface area contributed by atoms with E-state index in [4.69, 9.17) is 14.9 Å². The van der Waals surface area contributed by atoms with Gasteiger partial charge in [-0.25, -0.2) is 14.4 Å². The molecule has 1 amide bonds. The van der Waals surface area contributed by atoms with Gasteiger partial charge in [-0.2, -0.15) is 0 Å². The largest absolute Gasteiger partial charge is 0.478 e. The Morgan fingerprint density at radius 3 is 2.00 bits per heavy atom. The molecule has 2 rings (SSSR count). The van der Waals surface area contributed by atoms with E-state index in [0.717, 1.165) is 6.42 Å². The fraction of sp³-hybridized carbons (Fsp3) is 0.438. The topological polar surface area (TPSA) is 109 Å². The van der Waals surface area contributed by atoms with Crippen LogP contribution in [0.3, 0.4) is 0 Å². The Morgan fingerprint density at radius 2 is 1.62 bits per heavy atom. The molecule has 1 aromatic rings. The third-order valence-corrected chi connectivity index (χ3v) is 3.51. The van der Waals surface area contributed by atoms with Gasteiger partial charge in [0.2, 0.25) is 0 Å². The number of ether oxygens (including phenoxy) is 1. The highest BCUT2D eigenvalue weighted by molar-refractivity contribution is 5.89. The first-order valence-corrected chi connectivity index (χ1v) is 7.38. The Bertz CT molecular complexity index is 572. The fourth-order valence-corrected chi connectivity index (χ4v) is 2.03. The minimum atomic E-state index is -1.26. The number of aromatic nitrogens is 1. The standard InChI is InChI=1S/C12H18N2O2.C4H4O4/c1-13(2)11(15)16-10-7-12(5-6-12)14-8-3-4-9-14;5-3(6)1-2-4(7)8/h3-4,8-9H,5-7,10H2,1-2H3;1-2H,(H,5,6)(H,7,8)/b;2-1+. The van der Waals surface area contributed by atoms with E-state index in [1.165, 1.54) is 17.7 Å². The van der Waals surface area contributed by atoms with Crippen molar-refractivity contribution in [3.05, 3.63) is 36.7 Å². The van der Waals surface area contributed by atoms with Gasteiger partial charge in [-0.3, -0.25) is 0 Å². The van der Waals surface area contributed by atoms with E-state index < -0.39 is 11.9 Å². The van der Waals surface area contributed by atoms with Gasteiger partial charge in [-0.1, -0.05) is 0 Å². The highest BCUT2D eigenvalue weighted by Gasteiger charge is 2.43. The monoisotopic (exact) mass is 338 g/mol. The van der Waals surface area contributed by atoms with Crippen molar-refractivity contribution in [2.75, 3.05) is 20.7 Å². The number of rotatable bonds is 6. The molecule has 0 unspecified atom stereocenters. The number of aliphatic carboxylic acids is 2. The lowest BCUT2D eigenvalue weighted by Crippen LogP contribution is -2.25. The third-order valence-electron chi connectivity index (χ3n) is 3.51. The van der Waals surface area contributed by atoms with E-state index >= 15 is 0 Å². The number of carboxylic acids is 2. The van der Waals surface area contributed by atoms with Gasteiger partial charge in [0.05, 0.1) is 6.61 Å². The van der Waals surface area contributed by atoms with Crippen molar-refractivity contribution in [2.24, 2.45) is 0 Å². The molecule has 24 heavy (non-hydrogen) atoms. The van der Waals surface area contributed by atoms with Crippen LogP contribution in [-0.4, -0.2) is 58.4 Å². The highest BCUT2D eigenvalue weighted by Crippen LogP contribution is 2.46. The minimum Gasteiger partial charge on any atom is -0.478 e. The zero-order chi connectivity index (χ0) is 18.2. The van der Waals surface area contributed by atoms with E-state index in [2.05, 4.69) is 17.0 Å². The van der Waals surface area contributed by atoms with Crippen molar-refractivity contribution in [1.29, 1.82) is 0 Å². The van der Waals surface area contributed by atoms with Gasteiger partial charge < -0.3 is 24.4 Å². The quantitative estimate of drug-likeness (QED) is 0.765. The van der Waals surface area contributed by atoms with Crippen LogP contribution in [-0.2, 0) is 19.9 Å². The lowest BCUT2D eigenvalue weighted by Gasteiger charge is -2.18. The van der Waals surface area contributed by atoms with Crippen LogP contribution in [0.25, 0.3) is 0 Å². The summed E-state index contributed by atoms with van der Waals surface area (Å²) < 4.78 is 7.38. The van der Waals surface area contributed by atoms with Gasteiger partial charge in [0.15, 0.2) is 0 Å². The molecule has 1 aromatic heterocycles. The van der Waals surface area contributed by atoms with Crippen LogP contribution >= 0.6 is 0 Å². The summed E-state index contributed by atoms with van der Waals surface area (Å²) in [5.41, 5.74) is 0.218. The zero-order valence-corrected chi connectivity index (χ0v) is 13.7. The summed E-state index contributed by atoms with van der Waals surface area (Å²) in [4.78, 5) is 31.8. The third kappa shape index (κ3) is 6.55. The number of carboxylic acid groups (broad SMARTS) is 2. The van der Waals surface area contributed by atoms with Crippen molar-refractivity contribution < 1.29 is 29.3 Å². The molecule has 1 fully saturated rings. The molecule has 0 spiro atoms. The predicted molar refractivity (Wildman–Crippen MR) is 85.7 cm³/mol. The van der Waals surface area contributed by atoms with Crippen LogP contribution in [0.1, 0.15) is 19.3 Å². The molecule has 1 aliphatic carbocycles. The smallest absolute Gasteiger partial charge is 0.409 e. The van der Waals surface area contributed by atoms with Crippen LogP contribution < -0.4 is 0 Å². The van der Waals surface area contributed by atoms with Gasteiger partial charge in [0, 0.05) is 50.6 Å². The molecule has 2 N–H and O–H groups in total. The lowest BCUT2D eigenvalue weighted by atomic mass is 10.2. The van der Waals surface area contributed by atoms with Gasteiger partial charge in [-0.05, 0) is 25.0 Å². The molecule has 0 aliphatic heterocycles. The van der Waals surface area contributed by atoms with E-state index in [-0.39, 0.29) is 11.6 Å². The van der Waals surface area contributed by atoms with Crippen molar-refractivity contribution in [3.63, 3.8) is 0 Å². The SMILES string of the molecule is CN(C)C(=O)OCCC1(n2cccc2)CC1.O=C(O)/C=C/C(=O)O. The molecule has 0 aromatic carbocycles. The molecule has 0 saturated heterocycles. The second kappa shape index (κ2) is 8.76. The maximum atomic E-state index is 11.2. The Morgan fingerprint density at radius 1 is 1.12 bits per heavy atom. The maximum Gasteiger partial charge on any atom is 0.409 e. The summed E-state index contributed by atoms with van der Waals surface area (Å²) in [6.07, 6.45) is 8.29. The van der Waals surface area contributed by atoms with Crippen LogP contribution in [0.15, 0.2) is 36.7 Å². The van der Waals surface area contributed by atoms with Crippen LogP contribution in [0, 0.1) is 0 Å². The second-order valence-corrected chi connectivity index (χ2v) is 5.58. The summed E-state index contributed by atoms with van der Waals surface area (Å²) in [7, 11) is 3.39. The summed E-state index contributed by atoms with van der Waals surface area (Å²) in [6, 6.07) is 4.07. The van der Waals surface area contributed by atoms with Crippen LogP contribution in [0.4, 0.5) is 4.79 Å². The fourth-order valence-electron chi connectivity index (χ4n) is 2.03. The Hall–Kier alpha value is -2.77. The normalized spacial score (nSPS) is 14.4. The van der Waals surface area contributed by atoms with Crippen molar-refractivity contribution >= 4 is 18.0 Å². The summed E-state index contributed by atoms with van der Waals surface area (Å²) >= 11 is 0. The molecule has 132 valence electrons. The average molecular weight is 338 g/mol. The molecule has 0 atom stereocenters. The summed E-state index contributed by atoms with van der Waals surface area (Å²) in [5.74, 6) is -2.51. The first-order chi connectivity index (χ1) is 11.3. The molecule has 0 radical (unpaired) electrons.